The Bertz CT molecular complexity index is 712. The molecule has 23 heavy (non-hydrogen) atoms. The Balaban J connectivity index is 1.74. The van der Waals surface area contributed by atoms with E-state index in [1.54, 1.807) is 12.1 Å². The summed E-state index contributed by atoms with van der Waals surface area (Å²) in [6.07, 6.45) is 0. The quantitative estimate of drug-likeness (QED) is 0.813. The smallest absolute Gasteiger partial charge is 0.272 e. The lowest BCUT2D eigenvalue weighted by molar-refractivity contribution is -0.119. The summed E-state index contributed by atoms with van der Waals surface area (Å²) in [5, 5.41) is 0.647. The molecule has 0 aliphatic heterocycles. The number of carbonyl (C=O) groups excluding carboxylic acids is 2. The molecule has 0 unspecified atom stereocenters. The van der Waals surface area contributed by atoms with Crippen molar-refractivity contribution in [3.05, 3.63) is 70.5 Å². The van der Waals surface area contributed by atoms with Gasteiger partial charge in [0.2, 0.25) is 5.91 Å². The van der Waals surface area contributed by atoms with Gasteiger partial charge in [0.15, 0.2) is 0 Å². The fraction of sp³-hybridized carbons (Fsp3) is 0.125. The van der Waals surface area contributed by atoms with E-state index in [9.17, 15) is 14.0 Å². The number of benzene rings is 2. The van der Waals surface area contributed by atoms with Gasteiger partial charge in [-0.15, -0.1) is 11.8 Å². The van der Waals surface area contributed by atoms with Crippen LogP contribution in [0.2, 0.25) is 5.02 Å². The molecule has 7 heteroatoms. The molecule has 0 aliphatic carbocycles. The number of halogens is 2. The lowest BCUT2D eigenvalue weighted by atomic mass is 10.2. The average molecular weight is 353 g/mol. The summed E-state index contributed by atoms with van der Waals surface area (Å²) in [5.74, 6) is -1.01. The van der Waals surface area contributed by atoms with Crippen LogP contribution in [0.4, 0.5) is 4.39 Å². The van der Waals surface area contributed by atoms with Crippen molar-refractivity contribution in [1.82, 2.24) is 10.9 Å². The largest absolute Gasteiger partial charge is 0.272 e. The molecule has 0 saturated carbocycles. The molecule has 0 saturated heterocycles. The highest BCUT2D eigenvalue weighted by atomic mass is 35.5. The lowest BCUT2D eigenvalue weighted by Gasteiger charge is -2.08. The molecular weight excluding hydrogens is 339 g/mol. The van der Waals surface area contributed by atoms with Crippen LogP contribution < -0.4 is 10.9 Å². The maximum absolute atomic E-state index is 13.4. The van der Waals surface area contributed by atoms with Gasteiger partial charge in [-0.3, -0.25) is 20.4 Å². The van der Waals surface area contributed by atoms with Gasteiger partial charge in [-0.1, -0.05) is 41.9 Å². The van der Waals surface area contributed by atoms with E-state index < -0.39 is 11.7 Å². The van der Waals surface area contributed by atoms with Gasteiger partial charge in [-0.2, -0.15) is 0 Å². The molecule has 2 aromatic rings. The van der Waals surface area contributed by atoms with E-state index in [0.717, 1.165) is 5.56 Å². The highest BCUT2D eigenvalue weighted by Gasteiger charge is 2.11. The molecule has 0 aromatic heterocycles. The predicted octanol–water partition coefficient (Wildman–Crippen LogP) is 3.17. The van der Waals surface area contributed by atoms with E-state index in [4.69, 9.17) is 11.6 Å². The molecule has 0 atom stereocenters. The van der Waals surface area contributed by atoms with Gasteiger partial charge in [0.05, 0.1) is 11.3 Å². The first-order valence-corrected chi connectivity index (χ1v) is 8.26. The van der Waals surface area contributed by atoms with Gasteiger partial charge < -0.3 is 0 Å². The third-order valence-electron chi connectivity index (χ3n) is 2.88. The number of carbonyl (C=O) groups is 2. The van der Waals surface area contributed by atoms with Gasteiger partial charge in [-0.25, -0.2) is 4.39 Å². The van der Waals surface area contributed by atoms with Crippen LogP contribution in [0.3, 0.4) is 0 Å². The summed E-state index contributed by atoms with van der Waals surface area (Å²) in [7, 11) is 0. The van der Waals surface area contributed by atoms with E-state index in [1.165, 1.54) is 30.0 Å². The molecule has 4 nitrogen and oxygen atoms in total. The molecule has 2 aromatic carbocycles. The van der Waals surface area contributed by atoms with Crippen molar-refractivity contribution in [3.8, 4) is 0 Å². The third kappa shape index (κ3) is 5.26. The lowest BCUT2D eigenvalue weighted by Crippen LogP contribution is -2.42. The molecule has 0 fully saturated rings. The van der Waals surface area contributed by atoms with Gasteiger partial charge in [0, 0.05) is 10.8 Å². The first-order chi connectivity index (χ1) is 11.1. The average Bonchev–Trinajstić information content (AvgIpc) is 2.55. The summed E-state index contributed by atoms with van der Waals surface area (Å²) in [4.78, 5) is 23.4. The zero-order chi connectivity index (χ0) is 16.7. The van der Waals surface area contributed by atoms with E-state index >= 15 is 0 Å². The van der Waals surface area contributed by atoms with Crippen LogP contribution in [-0.2, 0) is 10.5 Å². The summed E-state index contributed by atoms with van der Waals surface area (Å²) in [6, 6.07) is 12.9. The molecule has 0 radical (unpaired) electrons. The Hall–Kier alpha value is -2.05. The minimum absolute atomic E-state index is 0.128. The van der Waals surface area contributed by atoms with Crippen molar-refractivity contribution >= 4 is 35.2 Å². The van der Waals surface area contributed by atoms with Crippen molar-refractivity contribution in [3.63, 3.8) is 0 Å². The monoisotopic (exact) mass is 352 g/mol. The fourth-order valence-corrected chi connectivity index (χ4v) is 2.86. The maximum atomic E-state index is 13.4. The van der Waals surface area contributed by atoms with Crippen LogP contribution in [0.15, 0.2) is 48.5 Å². The second kappa shape index (κ2) is 8.55. The topological polar surface area (TPSA) is 58.2 Å². The van der Waals surface area contributed by atoms with Gasteiger partial charge >= 0.3 is 0 Å². The number of hydrogen-bond donors (Lipinski definition) is 2. The van der Waals surface area contributed by atoms with Crippen molar-refractivity contribution in [2.45, 2.75) is 5.75 Å². The zero-order valence-corrected chi connectivity index (χ0v) is 13.6. The van der Waals surface area contributed by atoms with Crippen LogP contribution in [0, 0.1) is 5.82 Å². The van der Waals surface area contributed by atoms with Crippen molar-refractivity contribution < 1.29 is 14.0 Å². The number of thioether (sulfide) groups is 1. The van der Waals surface area contributed by atoms with Crippen LogP contribution in [0.25, 0.3) is 0 Å². The van der Waals surface area contributed by atoms with Gasteiger partial charge in [0.1, 0.15) is 5.82 Å². The number of amides is 2. The highest BCUT2D eigenvalue weighted by molar-refractivity contribution is 7.99. The minimum atomic E-state index is -0.701. The molecular formula is C16H14ClFN2O2S. The summed E-state index contributed by atoms with van der Waals surface area (Å²) < 4.78 is 13.4. The molecule has 0 spiro atoms. The Labute approximate surface area is 142 Å². The second-order valence-corrected chi connectivity index (χ2v) is 5.96. The molecule has 2 amide bonds. The molecule has 0 heterocycles. The minimum Gasteiger partial charge on any atom is -0.272 e. The predicted molar refractivity (Wildman–Crippen MR) is 89.6 cm³/mol. The van der Waals surface area contributed by atoms with E-state index in [1.807, 2.05) is 18.2 Å². The SMILES string of the molecule is O=C(CSCc1ccccc1Cl)NNC(=O)c1ccccc1F. The van der Waals surface area contributed by atoms with Crippen molar-refractivity contribution in [2.24, 2.45) is 0 Å². The molecule has 120 valence electrons. The van der Waals surface area contributed by atoms with E-state index in [0.29, 0.717) is 10.8 Å². The van der Waals surface area contributed by atoms with Crippen LogP contribution in [-0.4, -0.2) is 17.6 Å². The Morgan fingerprint density at radius 1 is 1.04 bits per heavy atom. The van der Waals surface area contributed by atoms with E-state index in [2.05, 4.69) is 10.9 Å². The number of hydrazine groups is 1. The normalized spacial score (nSPS) is 10.2. The third-order valence-corrected chi connectivity index (χ3v) is 4.23. The molecule has 2 rings (SSSR count). The van der Waals surface area contributed by atoms with Gasteiger partial charge in [0.25, 0.3) is 5.91 Å². The van der Waals surface area contributed by atoms with Crippen molar-refractivity contribution in [2.75, 3.05) is 5.75 Å². The van der Waals surface area contributed by atoms with Crippen molar-refractivity contribution in [1.29, 1.82) is 0 Å². The molecule has 0 bridgehead atoms. The summed E-state index contributed by atoms with van der Waals surface area (Å²) in [5.41, 5.74) is 5.24. The molecule has 2 N–H and O–H groups in total. The summed E-state index contributed by atoms with van der Waals surface area (Å²) in [6.45, 7) is 0. The first-order valence-electron chi connectivity index (χ1n) is 6.73. The Morgan fingerprint density at radius 3 is 2.48 bits per heavy atom. The number of nitrogens with one attached hydrogen (secondary N) is 2. The second-order valence-electron chi connectivity index (χ2n) is 4.57. The zero-order valence-electron chi connectivity index (χ0n) is 12.0. The highest BCUT2D eigenvalue weighted by Crippen LogP contribution is 2.20. The molecule has 0 aliphatic rings. The number of hydrogen-bond acceptors (Lipinski definition) is 3. The Kier molecular flexibility index (Phi) is 6.43. The fourth-order valence-electron chi connectivity index (χ4n) is 1.74. The van der Waals surface area contributed by atoms with Gasteiger partial charge in [-0.05, 0) is 23.8 Å². The number of rotatable bonds is 5. The summed E-state index contributed by atoms with van der Waals surface area (Å²) >= 11 is 7.38. The van der Waals surface area contributed by atoms with E-state index in [-0.39, 0.29) is 17.2 Å². The Morgan fingerprint density at radius 2 is 1.74 bits per heavy atom. The first kappa shape index (κ1) is 17.3. The van der Waals surface area contributed by atoms with Crippen LogP contribution in [0.1, 0.15) is 15.9 Å². The van der Waals surface area contributed by atoms with Crippen LogP contribution >= 0.6 is 23.4 Å². The van der Waals surface area contributed by atoms with Crippen LogP contribution in [0.5, 0.6) is 0 Å². The standard InChI is InChI=1S/C16H14ClFN2O2S/c17-13-7-3-1-5-11(13)9-23-10-15(21)19-20-16(22)12-6-2-4-8-14(12)18/h1-8H,9-10H2,(H,19,21)(H,20,22). The maximum Gasteiger partial charge on any atom is 0.272 e.